The lowest BCUT2D eigenvalue weighted by atomic mass is 10.1. The normalized spacial score (nSPS) is 10.9. The molecule has 2 N–H and O–H groups in total. The van der Waals surface area contributed by atoms with Gasteiger partial charge in [0, 0.05) is 42.6 Å². The fraction of sp³-hybridized carbons (Fsp3) is 0.148. The monoisotopic (exact) mass is 482 g/mol. The maximum atomic E-state index is 13.6. The maximum absolute atomic E-state index is 13.6. The minimum absolute atomic E-state index is 0.193. The summed E-state index contributed by atoms with van der Waals surface area (Å²) in [6, 6.07) is 16.6. The number of ether oxygens (including phenoxy) is 1. The number of aryl methyl sites for hydroxylation is 1. The van der Waals surface area contributed by atoms with Gasteiger partial charge in [0.25, 0.3) is 5.91 Å². The van der Waals surface area contributed by atoms with E-state index in [9.17, 15) is 9.18 Å². The molecule has 0 fully saturated rings. The second kappa shape index (κ2) is 10.3. The van der Waals surface area contributed by atoms with Crippen LogP contribution < -0.4 is 10.1 Å². The first-order valence-corrected chi connectivity index (χ1v) is 11.5. The quantitative estimate of drug-likeness (QED) is 0.313. The average Bonchev–Trinajstić information content (AvgIpc) is 3.44. The number of methoxy groups -OCH3 is 1. The zero-order valence-electron chi connectivity index (χ0n) is 19.5. The van der Waals surface area contributed by atoms with Crippen LogP contribution >= 0.6 is 0 Å². The van der Waals surface area contributed by atoms with E-state index in [0.717, 1.165) is 18.7 Å². The molecule has 0 bridgehead atoms. The number of H-pyrrole nitrogens is 1. The minimum atomic E-state index is -0.339. The first-order chi connectivity index (χ1) is 17.6. The van der Waals surface area contributed by atoms with E-state index in [1.54, 1.807) is 62.0 Å². The molecule has 0 aliphatic heterocycles. The molecule has 0 saturated carbocycles. The first kappa shape index (κ1) is 23.1. The smallest absolute Gasteiger partial charge is 0.251 e. The van der Waals surface area contributed by atoms with Gasteiger partial charge in [-0.3, -0.25) is 4.79 Å². The van der Waals surface area contributed by atoms with E-state index in [0.29, 0.717) is 51.7 Å². The second-order valence-corrected chi connectivity index (χ2v) is 8.09. The number of rotatable bonds is 8. The summed E-state index contributed by atoms with van der Waals surface area (Å²) in [6.07, 6.45) is 5.00. The number of imidazole rings is 1. The molecule has 0 unspecified atom stereocenters. The summed E-state index contributed by atoms with van der Waals surface area (Å²) in [4.78, 5) is 34.1. The number of aromatic amines is 1. The number of benzene rings is 2. The molecule has 0 atom stereocenters. The van der Waals surface area contributed by atoms with Gasteiger partial charge in [-0.25, -0.2) is 24.3 Å². The van der Waals surface area contributed by atoms with Gasteiger partial charge in [-0.2, -0.15) is 0 Å². The summed E-state index contributed by atoms with van der Waals surface area (Å²) in [5.41, 5.74) is 3.94. The summed E-state index contributed by atoms with van der Waals surface area (Å²) in [7, 11) is 1.54. The predicted molar refractivity (Wildman–Crippen MR) is 134 cm³/mol. The molecule has 3 heterocycles. The van der Waals surface area contributed by atoms with Crippen molar-refractivity contribution in [2.24, 2.45) is 0 Å². The van der Waals surface area contributed by atoms with E-state index >= 15 is 0 Å². The van der Waals surface area contributed by atoms with Crippen LogP contribution in [0.3, 0.4) is 0 Å². The van der Waals surface area contributed by atoms with Crippen LogP contribution in [0.1, 0.15) is 22.6 Å². The fourth-order valence-electron chi connectivity index (χ4n) is 3.84. The number of halogens is 1. The van der Waals surface area contributed by atoms with Crippen molar-refractivity contribution in [1.82, 2.24) is 30.2 Å². The van der Waals surface area contributed by atoms with Crippen molar-refractivity contribution in [1.29, 1.82) is 0 Å². The molecule has 0 aliphatic rings. The molecular weight excluding hydrogens is 459 g/mol. The van der Waals surface area contributed by atoms with Crippen LogP contribution in [0, 0.1) is 5.82 Å². The number of nitrogens with zero attached hydrogens (tertiary/aromatic N) is 4. The van der Waals surface area contributed by atoms with Crippen molar-refractivity contribution >= 4 is 16.9 Å². The van der Waals surface area contributed by atoms with E-state index in [4.69, 9.17) is 14.7 Å². The van der Waals surface area contributed by atoms with Gasteiger partial charge in [0.05, 0.1) is 29.5 Å². The lowest BCUT2D eigenvalue weighted by Gasteiger charge is -2.12. The van der Waals surface area contributed by atoms with Crippen LogP contribution in [0.15, 0.2) is 73.1 Å². The zero-order chi connectivity index (χ0) is 24.9. The number of hydrogen-bond donors (Lipinski definition) is 2. The molecular formula is C27H23FN6O2. The van der Waals surface area contributed by atoms with Gasteiger partial charge in [0.15, 0.2) is 0 Å². The Morgan fingerprint density at radius 2 is 1.83 bits per heavy atom. The summed E-state index contributed by atoms with van der Waals surface area (Å²) in [6.45, 7) is 0.520. The third-order valence-corrected chi connectivity index (χ3v) is 5.65. The number of amides is 1. The molecule has 9 heteroatoms. The first-order valence-electron chi connectivity index (χ1n) is 11.5. The number of carbonyl (C=O) groups excluding carboxylic acids is 1. The van der Waals surface area contributed by atoms with Gasteiger partial charge >= 0.3 is 0 Å². The van der Waals surface area contributed by atoms with Crippen molar-refractivity contribution in [2.75, 3.05) is 13.7 Å². The Morgan fingerprint density at radius 3 is 2.61 bits per heavy atom. The molecule has 0 radical (unpaired) electrons. The van der Waals surface area contributed by atoms with Crippen LogP contribution in [0.4, 0.5) is 4.39 Å². The molecule has 0 saturated heterocycles. The van der Waals surface area contributed by atoms with Gasteiger partial charge < -0.3 is 15.0 Å². The highest BCUT2D eigenvalue weighted by atomic mass is 19.1. The van der Waals surface area contributed by atoms with E-state index in [2.05, 4.69) is 20.3 Å². The number of carbonyl (C=O) groups is 1. The van der Waals surface area contributed by atoms with Crippen LogP contribution in [-0.2, 0) is 6.42 Å². The van der Waals surface area contributed by atoms with E-state index in [1.807, 2.05) is 6.07 Å². The highest BCUT2D eigenvalue weighted by Gasteiger charge is 2.16. The Bertz CT molecular complexity index is 1500. The third-order valence-electron chi connectivity index (χ3n) is 5.65. The molecule has 0 spiro atoms. The number of hydrogen-bond acceptors (Lipinski definition) is 6. The molecule has 36 heavy (non-hydrogen) atoms. The molecule has 1 amide bonds. The Hall–Kier alpha value is -4.66. The molecule has 2 aromatic carbocycles. The molecule has 180 valence electrons. The van der Waals surface area contributed by atoms with Crippen molar-refractivity contribution in [3.63, 3.8) is 0 Å². The van der Waals surface area contributed by atoms with Crippen LogP contribution in [0.5, 0.6) is 5.88 Å². The van der Waals surface area contributed by atoms with Crippen LogP contribution in [0.25, 0.3) is 33.7 Å². The van der Waals surface area contributed by atoms with Crippen molar-refractivity contribution in [3.8, 4) is 28.5 Å². The lowest BCUT2D eigenvalue weighted by molar-refractivity contribution is 0.0953. The van der Waals surface area contributed by atoms with E-state index in [-0.39, 0.29) is 11.7 Å². The molecule has 5 aromatic rings. The summed E-state index contributed by atoms with van der Waals surface area (Å²) in [5, 5.41) is 2.94. The van der Waals surface area contributed by atoms with Crippen molar-refractivity contribution in [2.45, 2.75) is 12.8 Å². The number of aromatic nitrogens is 5. The average molecular weight is 483 g/mol. The summed E-state index contributed by atoms with van der Waals surface area (Å²) in [5.74, 6) is 0.790. The van der Waals surface area contributed by atoms with Gasteiger partial charge in [-0.15, -0.1) is 0 Å². The van der Waals surface area contributed by atoms with Crippen LogP contribution in [-0.4, -0.2) is 44.5 Å². The highest BCUT2D eigenvalue weighted by molar-refractivity contribution is 5.98. The standard InChI is InChI=1S/C27H23FN6O2/c1-36-24-6-2-4-21(32-24)26-25(17-7-10-19(28)11-8-17)33-20-12-9-18(16-22(20)34-26)27(35)31-13-3-5-23-29-14-15-30-23/h2,4,6-12,14-16H,3,5,13H2,1H3,(H,29,30)(H,31,35). The Labute approximate surface area is 206 Å². The molecule has 3 aromatic heterocycles. The number of fused-ring (bicyclic) bond motifs is 1. The molecule has 5 rings (SSSR count). The van der Waals surface area contributed by atoms with Crippen molar-refractivity contribution < 1.29 is 13.9 Å². The molecule has 0 aliphatic carbocycles. The maximum Gasteiger partial charge on any atom is 0.251 e. The van der Waals surface area contributed by atoms with E-state index < -0.39 is 0 Å². The minimum Gasteiger partial charge on any atom is -0.481 e. The topological polar surface area (TPSA) is 106 Å². The van der Waals surface area contributed by atoms with Crippen molar-refractivity contribution in [3.05, 3.63) is 90.3 Å². The second-order valence-electron chi connectivity index (χ2n) is 8.09. The number of nitrogens with one attached hydrogen (secondary N) is 2. The Kier molecular flexibility index (Phi) is 6.61. The SMILES string of the molecule is COc1cccc(-c2nc3cc(C(=O)NCCCc4ncc[nH]4)ccc3nc2-c2ccc(F)cc2)n1. The number of pyridine rings is 1. The van der Waals surface area contributed by atoms with Gasteiger partial charge in [0.2, 0.25) is 5.88 Å². The van der Waals surface area contributed by atoms with E-state index in [1.165, 1.54) is 12.1 Å². The van der Waals surface area contributed by atoms with Crippen LogP contribution in [0.2, 0.25) is 0 Å². The van der Waals surface area contributed by atoms with Gasteiger partial charge in [-0.1, -0.05) is 6.07 Å². The summed E-state index contributed by atoms with van der Waals surface area (Å²) < 4.78 is 18.9. The highest BCUT2D eigenvalue weighted by Crippen LogP contribution is 2.31. The lowest BCUT2D eigenvalue weighted by Crippen LogP contribution is -2.24. The predicted octanol–water partition coefficient (Wildman–Crippen LogP) is 4.59. The summed E-state index contributed by atoms with van der Waals surface area (Å²) >= 11 is 0. The third kappa shape index (κ3) is 5.05. The largest absolute Gasteiger partial charge is 0.481 e. The Balaban J connectivity index is 1.47. The van der Waals surface area contributed by atoms with Gasteiger partial charge in [-0.05, 0) is 55.0 Å². The zero-order valence-corrected chi connectivity index (χ0v) is 19.5. The fourth-order valence-corrected chi connectivity index (χ4v) is 3.84. The molecule has 8 nitrogen and oxygen atoms in total. The Morgan fingerprint density at radius 1 is 1.00 bits per heavy atom. The van der Waals surface area contributed by atoms with Gasteiger partial charge in [0.1, 0.15) is 17.3 Å².